The second-order valence-electron chi connectivity index (χ2n) is 2.90. The molecule has 0 aromatic carbocycles. The van der Waals surface area contributed by atoms with E-state index in [2.05, 4.69) is 15.0 Å². The highest BCUT2D eigenvalue weighted by Crippen LogP contribution is 2.18. The fraction of sp³-hybridized carbons (Fsp3) is 0.375. The second kappa shape index (κ2) is 3.90. The monoisotopic (exact) mass is 242 g/mol. The number of H-pyrrole nitrogens is 1. The molecule has 1 N–H and O–H groups in total. The molecule has 80 valence electrons. The first kappa shape index (κ1) is 10.6. The Hall–Kier alpha value is -0.950. The topological polar surface area (TPSA) is 63.6 Å². The van der Waals surface area contributed by atoms with Crippen LogP contribution in [0.4, 0.5) is 0 Å². The van der Waals surface area contributed by atoms with Crippen molar-refractivity contribution in [2.24, 2.45) is 7.05 Å². The number of imidazole rings is 1. The molecule has 0 spiro atoms. The maximum atomic E-state index is 11.7. The summed E-state index contributed by atoms with van der Waals surface area (Å²) >= 11 is 2.89. The zero-order valence-electron chi connectivity index (χ0n) is 8.57. The second-order valence-corrected chi connectivity index (χ2v) is 4.47. The molecule has 0 saturated carbocycles. The average molecular weight is 242 g/mol. The molecular weight excluding hydrogens is 232 g/mol. The fourth-order valence-corrected chi connectivity index (χ4v) is 2.27. The summed E-state index contributed by atoms with van der Waals surface area (Å²) in [7, 11) is 1.82. The van der Waals surface area contributed by atoms with Crippen LogP contribution in [0.5, 0.6) is 0 Å². The number of aryl methyl sites for hydroxylation is 1. The third-order valence-electron chi connectivity index (χ3n) is 2.05. The smallest absolute Gasteiger partial charge is 0.277 e. The first-order valence-corrected chi connectivity index (χ1v) is 6.67. The van der Waals surface area contributed by atoms with Crippen LogP contribution in [0.15, 0.2) is 15.1 Å². The van der Waals surface area contributed by atoms with E-state index in [9.17, 15) is 4.79 Å². The van der Waals surface area contributed by atoms with E-state index in [0.29, 0.717) is 16.3 Å². The van der Waals surface area contributed by atoms with E-state index in [1.165, 1.54) is 23.5 Å². The summed E-state index contributed by atoms with van der Waals surface area (Å²) in [6.45, 7) is 0. The van der Waals surface area contributed by atoms with Crippen LogP contribution in [-0.4, -0.2) is 32.0 Å². The van der Waals surface area contributed by atoms with Crippen molar-refractivity contribution in [1.29, 1.82) is 0 Å². The van der Waals surface area contributed by atoms with Gasteiger partial charge in [-0.3, -0.25) is 9.78 Å². The van der Waals surface area contributed by atoms with Gasteiger partial charge in [-0.1, -0.05) is 23.5 Å². The largest absolute Gasteiger partial charge is 0.316 e. The summed E-state index contributed by atoms with van der Waals surface area (Å²) in [6, 6.07) is 0. The molecule has 0 aliphatic heterocycles. The van der Waals surface area contributed by atoms with Crippen molar-refractivity contribution in [1.82, 2.24) is 19.5 Å². The van der Waals surface area contributed by atoms with Crippen LogP contribution in [-0.2, 0) is 7.05 Å². The molecule has 2 rings (SSSR count). The first-order chi connectivity index (χ1) is 7.17. The lowest BCUT2D eigenvalue weighted by Crippen LogP contribution is -2.11. The Kier molecular flexibility index (Phi) is 2.74. The summed E-state index contributed by atoms with van der Waals surface area (Å²) < 4.78 is 1.76. The van der Waals surface area contributed by atoms with Gasteiger partial charge < -0.3 is 4.57 Å². The van der Waals surface area contributed by atoms with Gasteiger partial charge in [0.1, 0.15) is 0 Å². The number of hydrogen-bond donors (Lipinski definition) is 1. The van der Waals surface area contributed by atoms with E-state index in [1.54, 1.807) is 4.57 Å². The maximum Gasteiger partial charge on any atom is 0.277 e. The van der Waals surface area contributed by atoms with Gasteiger partial charge in [0, 0.05) is 7.05 Å². The number of nitrogens with zero attached hydrogens (tertiary/aromatic N) is 3. The predicted molar refractivity (Wildman–Crippen MR) is 62.7 cm³/mol. The van der Waals surface area contributed by atoms with Crippen LogP contribution >= 0.6 is 23.5 Å². The van der Waals surface area contributed by atoms with Gasteiger partial charge in [-0.15, -0.1) is 0 Å². The highest BCUT2D eigenvalue weighted by molar-refractivity contribution is 7.98. The van der Waals surface area contributed by atoms with Crippen LogP contribution in [0.1, 0.15) is 0 Å². The third-order valence-corrected chi connectivity index (χ3v) is 3.36. The summed E-state index contributed by atoms with van der Waals surface area (Å²) in [6.07, 6.45) is 3.79. The van der Waals surface area contributed by atoms with E-state index in [4.69, 9.17) is 0 Å². The molecule has 0 bridgehead atoms. The molecule has 7 heteroatoms. The van der Waals surface area contributed by atoms with Crippen LogP contribution in [0.3, 0.4) is 0 Å². The third kappa shape index (κ3) is 1.65. The Bertz CT molecular complexity index is 560. The molecule has 0 fully saturated rings. The van der Waals surface area contributed by atoms with E-state index in [1.807, 2.05) is 19.6 Å². The molecule has 0 amide bonds. The Morgan fingerprint density at radius 1 is 1.27 bits per heavy atom. The number of hydrogen-bond acceptors (Lipinski definition) is 5. The maximum absolute atomic E-state index is 11.7. The molecule has 2 aromatic rings. The van der Waals surface area contributed by atoms with Crippen molar-refractivity contribution >= 4 is 34.7 Å². The number of nitrogens with one attached hydrogen (secondary N) is 1. The van der Waals surface area contributed by atoms with Crippen molar-refractivity contribution in [2.75, 3.05) is 12.5 Å². The highest BCUT2D eigenvalue weighted by atomic mass is 32.2. The van der Waals surface area contributed by atoms with Gasteiger partial charge in [0.15, 0.2) is 21.5 Å². The Morgan fingerprint density at radius 2 is 2.00 bits per heavy atom. The zero-order chi connectivity index (χ0) is 11.0. The molecule has 0 atom stereocenters. The quantitative estimate of drug-likeness (QED) is 0.631. The average Bonchev–Trinajstić information content (AvgIpc) is 2.55. The Labute approximate surface area is 94.7 Å². The van der Waals surface area contributed by atoms with E-state index < -0.39 is 0 Å². The van der Waals surface area contributed by atoms with Gasteiger partial charge in [0.2, 0.25) is 0 Å². The SMILES string of the molecule is CSc1nc2nc(SC)n(C)c2c(=O)[nH]1. The summed E-state index contributed by atoms with van der Waals surface area (Å²) in [5.41, 5.74) is 0.895. The molecule has 5 nitrogen and oxygen atoms in total. The minimum atomic E-state index is -0.139. The van der Waals surface area contributed by atoms with Crippen molar-refractivity contribution in [2.45, 2.75) is 10.3 Å². The van der Waals surface area contributed by atoms with Gasteiger partial charge in [-0.05, 0) is 12.5 Å². The molecule has 0 saturated heterocycles. The Morgan fingerprint density at radius 3 is 2.60 bits per heavy atom. The first-order valence-electron chi connectivity index (χ1n) is 4.22. The van der Waals surface area contributed by atoms with Gasteiger partial charge in [0.25, 0.3) is 5.56 Å². The lowest BCUT2D eigenvalue weighted by Gasteiger charge is -1.97. The van der Waals surface area contributed by atoms with Crippen molar-refractivity contribution < 1.29 is 0 Å². The number of rotatable bonds is 2. The summed E-state index contributed by atoms with van der Waals surface area (Å²) in [4.78, 5) is 23.0. The molecule has 0 unspecified atom stereocenters. The van der Waals surface area contributed by atoms with Crippen molar-refractivity contribution in [3.63, 3.8) is 0 Å². The van der Waals surface area contributed by atoms with Crippen molar-refractivity contribution in [3.05, 3.63) is 10.4 Å². The normalized spacial score (nSPS) is 11.1. The van der Waals surface area contributed by atoms with Crippen molar-refractivity contribution in [3.8, 4) is 0 Å². The van der Waals surface area contributed by atoms with Crippen LogP contribution in [0, 0.1) is 0 Å². The standard InChI is InChI=1S/C8H10N4OS2/c1-12-4-5(10-8(12)15-3)9-7(14-2)11-6(4)13/h1-3H3,(H,9,11,13). The molecule has 0 radical (unpaired) electrons. The van der Waals surface area contributed by atoms with Crippen LogP contribution in [0.25, 0.3) is 11.2 Å². The minimum absolute atomic E-state index is 0.139. The molecule has 0 aliphatic carbocycles. The fourth-order valence-electron chi connectivity index (χ4n) is 1.36. The number of aromatic amines is 1. The highest BCUT2D eigenvalue weighted by Gasteiger charge is 2.12. The number of fused-ring (bicyclic) bond motifs is 1. The van der Waals surface area contributed by atoms with E-state index in [-0.39, 0.29) is 5.56 Å². The van der Waals surface area contributed by atoms with Gasteiger partial charge in [0.05, 0.1) is 0 Å². The van der Waals surface area contributed by atoms with E-state index >= 15 is 0 Å². The molecule has 0 aliphatic rings. The van der Waals surface area contributed by atoms with Gasteiger partial charge >= 0.3 is 0 Å². The number of aromatic nitrogens is 4. The molecule has 2 aromatic heterocycles. The summed E-state index contributed by atoms with van der Waals surface area (Å²) in [5.74, 6) is 0. The lowest BCUT2D eigenvalue weighted by atomic mass is 10.5. The summed E-state index contributed by atoms with van der Waals surface area (Å²) in [5, 5.41) is 1.39. The minimum Gasteiger partial charge on any atom is -0.316 e. The molecule has 2 heterocycles. The number of thioether (sulfide) groups is 2. The lowest BCUT2D eigenvalue weighted by molar-refractivity contribution is 0.812. The van der Waals surface area contributed by atoms with E-state index in [0.717, 1.165) is 5.16 Å². The predicted octanol–water partition coefficient (Wildman–Crippen LogP) is 1.10. The zero-order valence-corrected chi connectivity index (χ0v) is 10.2. The van der Waals surface area contributed by atoms with Gasteiger partial charge in [-0.25, -0.2) is 9.97 Å². The van der Waals surface area contributed by atoms with Gasteiger partial charge in [-0.2, -0.15) is 0 Å². The molecule has 15 heavy (non-hydrogen) atoms. The van der Waals surface area contributed by atoms with Crippen LogP contribution in [0.2, 0.25) is 0 Å². The Balaban J connectivity index is 2.83. The van der Waals surface area contributed by atoms with Crippen LogP contribution < -0.4 is 5.56 Å². The molecular formula is C8H10N4OS2.